The van der Waals surface area contributed by atoms with Crippen LogP contribution in [0.3, 0.4) is 0 Å². The normalized spacial score (nSPS) is 20.8. The van der Waals surface area contributed by atoms with Crippen LogP contribution in [0.15, 0.2) is 10.6 Å². The molecule has 25 heavy (non-hydrogen) atoms. The Morgan fingerprint density at radius 3 is 2.92 bits per heavy atom. The number of morpholine rings is 1. The van der Waals surface area contributed by atoms with E-state index in [1.165, 1.54) is 0 Å². The molecule has 1 aliphatic carbocycles. The van der Waals surface area contributed by atoms with Gasteiger partial charge in [0.05, 0.1) is 35.8 Å². The third-order valence-electron chi connectivity index (χ3n) is 4.69. The molecule has 1 N–H and O–H groups in total. The number of aryl methyl sites for hydroxylation is 1. The Kier molecular flexibility index (Phi) is 3.91. The van der Waals surface area contributed by atoms with Crippen LogP contribution in [-0.2, 0) is 9.53 Å². The summed E-state index contributed by atoms with van der Waals surface area (Å²) in [4.78, 5) is 30.2. The summed E-state index contributed by atoms with van der Waals surface area (Å²) in [5.74, 6) is -0.707. The second-order valence-electron chi connectivity index (χ2n) is 6.66. The number of amides is 1. The molecular formula is C17H19N3O5. The molecule has 1 saturated carbocycles. The number of carboxylic acid groups (broad SMARTS) is 1. The number of carbonyl (C=O) groups is 2. The second kappa shape index (κ2) is 6.11. The van der Waals surface area contributed by atoms with E-state index in [1.807, 2.05) is 6.07 Å². The quantitative estimate of drug-likeness (QED) is 0.899. The zero-order valence-electron chi connectivity index (χ0n) is 13.9. The zero-order chi connectivity index (χ0) is 17.6. The van der Waals surface area contributed by atoms with Crippen LogP contribution in [0.1, 0.15) is 46.9 Å². The number of pyridine rings is 1. The van der Waals surface area contributed by atoms with Crippen LogP contribution in [0, 0.1) is 6.92 Å². The van der Waals surface area contributed by atoms with Crippen LogP contribution < -0.4 is 0 Å². The molecule has 2 aromatic heterocycles. The van der Waals surface area contributed by atoms with Gasteiger partial charge in [0.15, 0.2) is 0 Å². The van der Waals surface area contributed by atoms with Gasteiger partial charge in [-0.3, -0.25) is 9.59 Å². The number of rotatable bonds is 4. The molecule has 0 spiro atoms. The molecule has 0 radical (unpaired) electrons. The van der Waals surface area contributed by atoms with E-state index in [0.717, 1.165) is 18.5 Å². The van der Waals surface area contributed by atoms with Crippen molar-refractivity contribution in [1.82, 2.24) is 15.0 Å². The first kappa shape index (κ1) is 16.0. The average Bonchev–Trinajstić information content (AvgIpc) is 3.37. The summed E-state index contributed by atoms with van der Waals surface area (Å²) >= 11 is 0. The Balaban J connectivity index is 1.67. The first-order valence-corrected chi connectivity index (χ1v) is 8.42. The first-order valence-electron chi connectivity index (χ1n) is 8.42. The minimum atomic E-state index is -0.934. The zero-order valence-corrected chi connectivity index (χ0v) is 13.9. The Bertz CT molecular complexity index is 842. The van der Waals surface area contributed by atoms with Gasteiger partial charge < -0.3 is 19.3 Å². The number of aromatic nitrogens is 2. The van der Waals surface area contributed by atoms with E-state index in [9.17, 15) is 9.59 Å². The molecule has 1 aliphatic heterocycles. The van der Waals surface area contributed by atoms with Crippen LogP contribution >= 0.6 is 0 Å². The summed E-state index contributed by atoms with van der Waals surface area (Å²) in [7, 11) is 0. The molecule has 2 aliphatic rings. The van der Waals surface area contributed by atoms with Crippen LogP contribution in [0.25, 0.3) is 11.1 Å². The molecule has 132 valence electrons. The maximum atomic E-state index is 13.1. The van der Waals surface area contributed by atoms with Gasteiger partial charge in [-0.15, -0.1) is 0 Å². The summed E-state index contributed by atoms with van der Waals surface area (Å²) in [5.41, 5.74) is 2.41. The Labute approximate surface area is 143 Å². The van der Waals surface area contributed by atoms with Crippen LogP contribution in [0.2, 0.25) is 0 Å². The van der Waals surface area contributed by atoms with E-state index < -0.39 is 12.1 Å². The van der Waals surface area contributed by atoms with E-state index >= 15 is 0 Å². The lowest BCUT2D eigenvalue weighted by molar-refractivity contribution is -0.141. The molecule has 1 saturated heterocycles. The standard InChI is InChI=1S/C17H19N3O5/c1-9-15-12(7-13(10-2-3-10)18-16(15)25-19-9)17(23)20-4-5-24-11(8-20)6-14(21)22/h7,10-11H,2-6,8H2,1H3,(H,21,22)/t11-/m0/s1. The summed E-state index contributed by atoms with van der Waals surface area (Å²) in [5, 5.41) is 13.5. The smallest absolute Gasteiger partial charge is 0.306 e. The van der Waals surface area contributed by atoms with Crippen LogP contribution in [-0.4, -0.2) is 57.8 Å². The fourth-order valence-electron chi connectivity index (χ4n) is 3.26. The minimum absolute atomic E-state index is 0.116. The van der Waals surface area contributed by atoms with Gasteiger partial charge >= 0.3 is 5.97 Å². The fraction of sp³-hybridized carbons (Fsp3) is 0.529. The largest absolute Gasteiger partial charge is 0.481 e. The van der Waals surface area contributed by atoms with Crippen molar-refractivity contribution in [2.24, 2.45) is 0 Å². The van der Waals surface area contributed by atoms with Crippen molar-refractivity contribution in [3.8, 4) is 0 Å². The predicted octanol–water partition coefficient (Wildman–Crippen LogP) is 1.72. The molecule has 0 aromatic carbocycles. The van der Waals surface area contributed by atoms with Gasteiger partial charge in [0.2, 0.25) is 0 Å². The number of carboxylic acids is 1. The molecule has 1 atom stereocenters. The summed E-state index contributed by atoms with van der Waals surface area (Å²) in [6.07, 6.45) is 1.53. The van der Waals surface area contributed by atoms with Gasteiger partial charge in [-0.05, 0) is 25.8 Å². The SMILES string of the molecule is Cc1noc2nc(C3CC3)cc(C(=O)N3CCO[C@@H](CC(=O)O)C3)c12. The molecule has 2 aromatic rings. The number of hydrogen-bond donors (Lipinski definition) is 1. The molecule has 8 heteroatoms. The highest BCUT2D eigenvalue weighted by Gasteiger charge is 2.32. The highest BCUT2D eigenvalue weighted by molar-refractivity contribution is 6.06. The highest BCUT2D eigenvalue weighted by Crippen LogP contribution is 2.40. The van der Waals surface area contributed by atoms with Gasteiger partial charge in [0.25, 0.3) is 11.6 Å². The van der Waals surface area contributed by atoms with Crippen molar-refractivity contribution < 1.29 is 24.0 Å². The lowest BCUT2D eigenvalue weighted by atomic mass is 10.1. The van der Waals surface area contributed by atoms with Gasteiger partial charge in [0.1, 0.15) is 0 Å². The molecule has 3 heterocycles. The monoisotopic (exact) mass is 345 g/mol. The molecule has 0 bridgehead atoms. The molecule has 2 fully saturated rings. The van der Waals surface area contributed by atoms with E-state index in [1.54, 1.807) is 11.8 Å². The summed E-state index contributed by atoms with van der Waals surface area (Å²) in [6.45, 7) is 2.81. The van der Waals surface area contributed by atoms with E-state index in [2.05, 4.69) is 10.1 Å². The first-order chi connectivity index (χ1) is 12.0. The molecule has 4 rings (SSSR count). The van der Waals surface area contributed by atoms with Crippen molar-refractivity contribution in [3.63, 3.8) is 0 Å². The van der Waals surface area contributed by atoms with Crippen molar-refractivity contribution in [3.05, 3.63) is 23.0 Å². The molecule has 1 amide bonds. The third kappa shape index (κ3) is 3.09. The maximum Gasteiger partial charge on any atom is 0.306 e. The van der Waals surface area contributed by atoms with Crippen LogP contribution in [0.5, 0.6) is 0 Å². The summed E-state index contributed by atoms with van der Waals surface area (Å²) < 4.78 is 10.7. The Hall–Kier alpha value is -2.48. The number of nitrogens with zero attached hydrogens (tertiary/aromatic N) is 3. The third-order valence-corrected chi connectivity index (χ3v) is 4.69. The van der Waals surface area contributed by atoms with Gasteiger partial charge in [-0.1, -0.05) is 5.16 Å². The summed E-state index contributed by atoms with van der Waals surface area (Å²) in [6, 6.07) is 1.84. The highest BCUT2D eigenvalue weighted by atomic mass is 16.5. The number of fused-ring (bicyclic) bond motifs is 1. The van der Waals surface area contributed by atoms with Gasteiger partial charge in [-0.2, -0.15) is 0 Å². The maximum absolute atomic E-state index is 13.1. The average molecular weight is 345 g/mol. The van der Waals surface area contributed by atoms with E-state index in [0.29, 0.717) is 41.4 Å². The van der Waals surface area contributed by atoms with Gasteiger partial charge in [0, 0.05) is 24.7 Å². The van der Waals surface area contributed by atoms with Crippen molar-refractivity contribution in [2.75, 3.05) is 19.7 Å². The van der Waals surface area contributed by atoms with E-state index in [-0.39, 0.29) is 18.9 Å². The predicted molar refractivity (Wildman–Crippen MR) is 86.4 cm³/mol. The van der Waals surface area contributed by atoms with Crippen molar-refractivity contribution in [1.29, 1.82) is 0 Å². The lowest BCUT2D eigenvalue weighted by Gasteiger charge is -2.32. The van der Waals surface area contributed by atoms with Gasteiger partial charge in [-0.25, -0.2) is 4.98 Å². The molecule has 0 unspecified atom stereocenters. The number of hydrogen-bond acceptors (Lipinski definition) is 6. The van der Waals surface area contributed by atoms with E-state index in [4.69, 9.17) is 14.4 Å². The number of aliphatic carboxylic acids is 1. The number of carbonyl (C=O) groups excluding carboxylic acids is 1. The van der Waals surface area contributed by atoms with Crippen LogP contribution in [0.4, 0.5) is 0 Å². The van der Waals surface area contributed by atoms with Crippen molar-refractivity contribution in [2.45, 2.75) is 38.2 Å². The molecule has 8 nitrogen and oxygen atoms in total. The minimum Gasteiger partial charge on any atom is -0.481 e. The van der Waals surface area contributed by atoms with Crippen molar-refractivity contribution >= 4 is 23.0 Å². The topological polar surface area (TPSA) is 106 Å². The Morgan fingerprint density at radius 1 is 1.40 bits per heavy atom. The molecular weight excluding hydrogens is 326 g/mol. The number of ether oxygens (including phenoxy) is 1. The second-order valence-corrected chi connectivity index (χ2v) is 6.66. The lowest BCUT2D eigenvalue weighted by Crippen LogP contribution is -2.46. The Morgan fingerprint density at radius 2 is 2.20 bits per heavy atom. The fourth-order valence-corrected chi connectivity index (χ4v) is 3.26.